The van der Waals surface area contributed by atoms with Crippen molar-refractivity contribution in [3.8, 4) is 0 Å². The Morgan fingerprint density at radius 3 is 1.42 bits per heavy atom. The van der Waals surface area contributed by atoms with Crippen molar-refractivity contribution in [2.24, 2.45) is 11.8 Å². The first-order chi connectivity index (χ1) is 16.9. The van der Waals surface area contributed by atoms with Gasteiger partial charge in [0.05, 0.1) is 14.2 Å². The van der Waals surface area contributed by atoms with Gasteiger partial charge in [0.15, 0.2) is 12.6 Å². The summed E-state index contributed by atoms with van der Waals surface area (Å²) in [6, 6.07) is 0. The van der Waals surface area contributed by atoms with Crippen molar-refractivity contribution >= 4 is 36.4 Å². The topological polar surface area (TPSA) is 158 Å². The Balaban J connectivity index is 1.76. The Morgan fingerprint density at radius 1 is 0.750 bits per heavy atom. The maximum absolute atomic E-state index is 13.0. The maximum Gasteiger partial charge on any atom is 0.346 e. The second kappa shape index (κ2) is 10.3. The molecule has 4 rings (SSSR count). The molecule has 0 spiro atoms. The predicted octanol–water partition coefficient (Wildman–Crippen LogP) is 0.459. The van der Waals surface area contributed by atoms with E-state index in [0.29, 0.717) is 25.7 Å². The van der Waals surface area contributed by atoms with Crippen LogP contribution in [0.25, 0.3) is 0 Å². The molecule has 2 atom stereocenters. The lowest BCUT2D eigenvalue weighted by atomic mass is 9.52. The van der Waals surface area contributed by atoms with E-state index in [2.05, 4.69) is 9.47 Å². The van der Waals surface area contributed by atoms with Gasteiger partial charge in [-0.25, -0.2) is 19.2 Å². The number of carbonyl (C=O) groups is 6. The minimum atomic E-state index is -2.03. The van der Waals surface area contributed by atoms with Crippen molar-refractivity contribution in [2.75, 3.05) is 27.4 Å². The first-order valence-corrected chi connectivity index (χ1v) is 11.7. The van der Waals surface area contributed by atoms with Gasteiger partial charge in [-0.3, -0.25) is 9.59 Å². The largest absolute Gasteiger partial charge is 0.467 e. The van der Waals surface area contributed by atoms with Crippen molar-refractivity contribution in [2.45, 2.75) is 74.8 Å². The smallest absolute Gasteiger partial charge is 0.346 e. The van der Waals surface area contributed by atoms with Crippen LogP contribution in [0.4, 0.5) is 0 Å². The first kappa shape index (κ1) is 27.7. The molecule has 4 aliphatic carbocycles. The van der Waals surface area contributed by atoms with Gasteiger partial charge in [-0.15, -0.1) is 0 Å². The molecule has 4 saturated carbocycles. The van der Waals surface area contributed by atoms with E-state index in [1.807, 2.05) is 0 Å². The second-order valence-corrected chi connectivity index (χ2v) is 10.3. The summed E-state index contributed by atoms with van der Waals surface area (Å²) in [5.41, 5.74) is -6.08. The van der Waals surface area contributed by atoms with E-state index in [9.17, 15) is 28.8 Å². The van der Waals surface area contributed by atoms with Gasteiger partial charge in [-0.05, 0) is 57.8 Å². The van der Waals surface area contributed by atoms with Gasteiger partial charge >= 0.3 is 23.9 Å². The van der Waals surface area contributed by atoms with Crippen LogP contribution in [0.15, 0.2) is 0 Å². The van der Waals surface area contributed by atoms with Crippen LogP contribution >= 0.6 is 0 Å². The first-order valence-electron chi connectivity index (χ1n) is 11.7. The minimum absolute atomic E-state index is 0.0869. The summed E-state index contributed by atoms with van der Waals surface area (Å²) in [6.07, 6.45) is 3.64. The quantitative estimate of drug-likeness (QED) is 0.154. The van der Waals surface area contributed by atoms with E-state index in [4.69, 9.17) is 18.9 Å². The van der Waals surface area contributed by atoms with Crippen LogP contribution in [-0.4, -0.2) is 86.3 Å². The van der Waals surface area contributed by atoms with Crippen LogP contribution < -0.4 is 0 Å². The lowest BCUT2D eigenvalue weighted by Gasteiger charge is -2.60. The third-order valence-electron chi connectivity index (χ3n) is 7.27. The fourth-order valence-corrected chi connectivity index (χ4v) is 5.75. The van der Waals surface area contributed by atoms with Gasteiger partial charge in [-0.1, -0.05) is 0 Å². The summed E-state index contributed by atoms with van der Waals surface area (Å²) in [5.74, 6) is -3.26. The Bertz CT molecular complexity index is 844. The normalized spacial score (nSPS) is 31.3. The van der Waals surface area contributed by atoms with Gasteiger partial charge in [0.25, 0.3) is 0 Å². The molecular formula is C24H32O12. The molecular weight excluding hydrogens is 480 g/mol. The van der Waals surface area contributed by atoms with Crippen LogP contribution in [-0.2, 0) is 57.2 Å². The lowest BCUT2D eigenvalue weighted by Crippen LogP contribution is -2.64. The molecule has 200 valence electrons. The van der Waals surface area contributed by atoms with Crippen molar-refractivity contribution in [1.82, 2.24) is 0 Å². The SMILES string of the molecule is COC(=O)COC(C)(C=O)C(=O)OC12CC3CC(C1)CC(OC(=O)C(C)(C=O)OCC(=O)OC)(C3)C2. The van der Waals surface area contributed by atoms with Crippen LogP contribution in [0.2, 0.25) is 0 Å². The zero-order chi connectivity index (χ0) is 26.8. The van der Waals surface area contributed by atoms with E-state index >= 15 is 0 Å². The number of aldehydes is 2. The summed E-state index contributed by atoms with van der Waals surface area (Å²) >= 11 is 0. The fraction of sp³-hybridized carbons (Fsp3) is 0.750. The molecule has 0 N–H and O–H groups in total. The Hall–Kier alpha value is -2.86. The van der Waals surface area contributed by atoms with Crippen LogP contribution in [0.1, 0.15) is 52.4 Å². The van der Waals surface area contributed by atoms with E-state index in [1.54, 1.807) is 0 Å². The Kier molecular flexibility index (Phi) is 7.89. The fourth-order valence-electron chi connectivity index (χ4n) is 5.75. The van der Waals surface area contributed by atoms with Gasteiger partial charge in [-0.2, -0.15) is 0 Å². The Labute approximate surface area is 208 Å². The highest BCUT2D eigenvalue weighted by atomic mass is 16.6. The molecule has 0 aromatic carbocycles. The van der Waals surface area contributed by atoms with Crippen molar-refractivity contribution < 1.29 is 57.2 Å². The zero-order valence-corrected chi connectivity index (χ0v) is 20.9. The molecule has 2 unspecified atom stereocenters. The molecule has 4 bridgehead atoms. The van der Waals surface area contributed by atoms with Crippen molar-refractivity contribution in [1.29, 1.82) is 0 Å². The molecule has 12 nitrogen and oxygen atoms in total. The molecule has 0 aromatic heterocycles. The molecule has 0 saturated heterocycles. The van der Waals surface area contributed by atoms with Gasteiger partial charge < -0.3 is 28.4 Å². The number of ether oxygens (including phenoxy) is 6. The van der Waals surface area contributed by atoms with Crippen molar-refractivity contribution in [3.05, 3.63) is 0 Å². The Morgan fingerprint density at radius 2 is 1.11 bits per heavy atom. The number of methoxy groups -OCH3 is 2. The van der Waals surface area contributed by atoms with Gasteiger partial charge in [0.1, 0.15) is 24.4 Å². The summed E-state index contributed by atoms with van der Waals surface area (Å²) in [6.45, 7) is 1.18. The van der Waals surface area contributed by atoms with Crippen LogP contribution in [0.3, 0.4) is 0 Å². The number of hydrogen-bond acceptors (Lipinski definition) is 12. The van der Waals surface area contributed by atoms with E-state index < -0.39 is 59.5 Å². The second-order valence-electron chi connectivity index (χ2n) is 10.3. The molecule has 0 amide bonds. The average Bonchev–Trinajstić information content (AvgIpc) is 2.83. The highest BCUT2D eigenvalue weighted by Gasteiger charge is 2.63. The average molecular weight is 513 g/mol. The van der Waals surface area contributed by atoms with Gasteiger partial charge in [0.2, 0.25) is 11.2 Å². The monoisotopic (exact) mass is 512 g/mol. The molecule has 12 heteroatoms. The molecule has 36 heavy (non-hydrogen) atoms. The molecule has 4 fully saturated rings. The van der Waals surface area contributed by atoms with Crippen LogP contribution in [0.5, 0.6) is 0 Å². The number of esters is 4. The number of carbonyl (C=O) groups excluding carboxylic acids is 6. The van der Waals surface area contributed by atoms with Gasteiger partial charge in [0, 0.05) is 6.42 Å². The number of rotatable bonds is 12. The molecule has 0 aromatic rings. The third kappa shape index (κ3) is 5.59. The lowest BCUT2D eigenvalue weighted by molar-refractivity contribution is -0.243. The summed E-state index contributed by atoms with van der Waals surface area (Å²) in [5, 5.41) is 0. The molecule has 4 aliphatic rings. The highest BCUT2D eigenvalue weighted by molar-refractivity contribution is 5.97. The summed E-state index contributed by atoms with van der Waals surface area (Å²) in [7, 11) is 2.29. The minimum Gasteiger partial charge on any atom is -0.467 e. The maximum atomic E-state index is 13.0. The molecule has 0 aliphatic heterocycles. The standard InChI is InChI=1S/C24H32O12/c1-21(13-25,33-10-17(27)31-3)19(29)35-23-6-15-5-16(7-23)9-24(8-15,12-23)36-20(30)22(2,14-26)34-11-18(28)32-4/h13-16H,5-12H2,1-4H3. The van der Waals surface area contributed by atoms with E-state index in [-0.39, 0.29) is 30.8 Å². The van der Waals surface area contributed by atoms with E-state index in [0.717, 1.165) is 20.6 Å². The molecule has 0 radical (unpaired) electrons. The third-order valence-corrected chi connectivity index (χ3v) is 7.27. The predicted molar refractivity (Wildman–Crippen MR) is 117 cm³/mol. The van der Waals surface area contributed by atoms with Crippen LogP contribution in [0, 0.1) is 11.8 Å². The van der Waals surface area contributed by atoms with Crippen molar-refractivity contribution in [3.63, 3.8) is 0 Å². The zero-order valence-electron chi connectivity index (χ0n) is 20.9. The summed E-state index contributed by atoms with van der Waals surface area (Å²) < 4.78 is 31.2. The van der Waals surface area contributed by atoms with E-state index in [1.165, 1.54) is 13.8 Å². The number of hydrogen-bond donors (Lipinski definition) is 0. The summed E-state index contributed by atoms with van der Waals surface area (Å²) in [4.78, 5) is 72.4. The highest BCUT2D eigenvalue weighted by Crippen LogP contribution is 2.60. The molecule has 0 heterocycles.